The van der Waals surface area contributed by atoms with Gasteiger partial charge in [-0.2, -0.15) is 0 Å². The van der Waals surface area contributed by atoms with E-state index in [0.29, 0.717) is 17.1 Å². The van der Waals surface area contributed by atoms with E-state index in [2.05, 4.69) is 0 Å². The average molecular weight is 250 g/mol. The molecule has 0 aromatic heterocycles. The largest absolute Gasteiger partial charge is 0.481 e. The summed E-state index contributed by atoms with van der Waals surface area (Å²) in [7, 11) is 1.63. The fourth-order valence-corrected chi connectivity index (χ4v) is 1.88. The van der Waals surface area contributed by atoms with Gasteiger partial charge in [0.05, 0.1) is 5.69 Å². The number of nitrogens with two attached hydrogens (primary N) is 1. The highest BCUT2D eigenvalue weighted by Crippen LogP contribution is 2.35. The summed E-state index contributed by atoms with van der Waals surface area (Å²) in [5.41, 5.74) is 6.83. The predicted octanol–water partition coefficient (Wildman–Crippen LogP) is 0.857. The van der Waals surface area contributed by atoms with Crippen molar-refractivity contribution in [3.63, 3.8) is 0 Å². The van der Waals surface area contributed by atoms with Gasteiger partial charge in [0.2, 0.25) is 0 Å². The Morgan fingerprint density at radius 3 is 2.94 bits per heavy atom. The van der Waals surface area contributed by atoms with Gasteiger partial charge < -0.3 is 20.5 Å². The van der Waals surface area contributed by atoms with E-state index in [9.17, 15) is 9.59 Å². The van der Waals surface area contributed by atoms with Crippen LogP contribution >= 0.6 is 0 Å². The minimum absolute atomic E-state index is 0.109. The van der Waals surface area contributed by atoms with E-state index in [0.717, 1.165) is 0 Å². The minimum Gasteiger partial charge on any atom is -0.481 e. The molecule has 0 saturated carbocycles. The number of ether oxygens (including phenoxy) is 1. The van der Waals surface area contributed by atoms with Crippen LogP contribution in [-0.4, -0.2) is 30.1 Å². The van der Waals surface area contributed by atoms with E-state index < -0.39 is 12.1 Å². The molecule has 2 rings (SSSR count). The van der Waals surface area contributed by atoms with Crippen molar-refractivity contribution in [1.82, 2.24) is 0 Å². The van der Waals surface area contributed by atoms with E-state index in [4.69, 9.17) is 15.6 Å². The van der Waals surface area contributed by atoms with Crippen LogP contribution in [0.2, 0.25) is 0 Å². The van der Waals surface area contributed by atoms with Crippen molar-refractivity contribution in [3.05, 3.63) is 18.2 Å². The zero-order valence-corrected chi connectivity index (χ0v) is 9.92. The Bertz CT molecular complexity index is 501. The van der Waals surface area contributed by atoms with Crippen molar-refractivity contribution in [2.45, 2.75) is 18.9 Å². The number of carboxylic acids is 1. The molecule has 0 bridgehead atoms. The van der Waals surface area contributed by atoms with Crippen LogP contribution < -0.4 is 15.4 Å². The topological polar surface area (TPSA) is 92.9 Å². The molecule has 1 aromatic rings. The molecule has 1 aromatic carbocycles. The van der Waals surface area contributed by atoms with E-state index in [-0.39, 0.29) is 18.7 Å². The molecule has 96 valence electrons. The molecule has 3 N–H and O–H groups in total. The van der Waals surface area contributed by atoms with Gasteiger partial charge in [-0.15, -0.1) is 0 Å². The Morgan fingerprint density at radius 1 is 1.56 bits per heavy atom. The molecule has 1 heterocycles. The monoisotopic (exact) mass is 250 g/mol. The fraction of sp³-hybridized carbons (Fsp3) is 0.333. The van der Waals surface area contributed by atoms with Crippen LogP contribution in [0.5, 0.6) is 5.75 Å². The zero-order chi connectivity index (χ0) is 13.3. The van der Waals surface area contributed by atoms with Gasteiger partial charge in [-0.05, 0) is 12.1 Å². The lowest BCUT2D eigenvalue weighted by Gasteiger charge is -2.31. The number of rotatable bonds is 3. The summed E-state index contributed by atoms with van der Waals surface area (Å²) in [6.07, 6.45) is -0.727. The highest BCUT2D eigenvalue weighted by molar-refractivity contribution is 6.00. The number of anilines is 2. The van der Waals surface area contributed by atoms with Crippen molar-refractivity contribution in [1.29, 1.82) is 0 Å². The molecule has 6 nitrogen and oxygen atoms in total. The van der Waals surface area contributed by atoms with Crippen LogP contribution in [-0.2, 0) is 9.59 Å². The molecule has 1 aliphatic heterocycles. The number of hydrogen-bond acceptors (Lipinski definition) is 4. The summed E-state index contributed by atoms with van der Waals surface area (Å²) in [5.74, 6) is -0.687. The van der Waals surface area contributed by atoms with Gasteiger partial charge in [0.25, 0.3) is 5.91 Å². The molecular weight excluding hydrogens is 236 g/mol. The van der Waals surface area contributed by atoms with Crippen molar-refractivity contribution < 1.29 is 19.4 Å². The number of aliphatic carboxylic acids is 1. The molecule has 0 radical (unpaired) electrons. The quantitative estimate of drug-likeness (QED) is 0.776. The van der Waals surface area contributed by atoms with Crippen LogP contribution in [0, 0.1) is 0 Å². The molecule has 0 spiro atoms. The number of likely N-dealkylation sites (N-methyl/N-ethyl adjacent to an activating group) is 1. The summed E-state index contributed by atoms with van der Waals surface area (Å²) in [4.78, 5) is 24.0. The first kappa shape index (κ1) is 12.2. The van der Waals surface area contributed by atoms with E-state index >= 15 is 0 Å². The first-order valence-corrected chi connectivity index (χ1v) is 5.54. The zero-order valence-electron chi connectivity index (χ0n) is 9.92. The summed E-state index contributed by atoms with van der Waals surface area (Å²) in [6, 6.07) is 5.02. The Kier molecular flexibility index (Phi) is 3.10. The number of carboxylic acid groups (broad SMARTS) is 1. The number of amides is 1. The Hall–Kier alpha value is -2.24. The normalized spacial score (nSPS) is 18.2. The average Bonchev–Trinajstić information content (AvgIpc) is 2.31. The Morgan fingerprint density at radius 2 is 2.28 bits per heavy atom. The molecule has 1 atom stereocenters. The summed E-state index contributed by atoms with van der Waals surface area (Å²) >= 11 is 0. The molecule has 6 heteroatoms. The third-order valence-electron chi connectivity index (χ3n) is 2.84. The molecule has 18 heavy (non-hydrogen) atoms. The van der Waals surface area contributed by atoms with Gasteiger partial charge >= 0.3 is 5.97 Å². The first-order valence-electron chi connectivity index (χ1n) is 5.54. The van der Waals surface area contributed by atoms with Gasteiger partial charge in [0.1, 0.15) is 5.75 Å². The molecule has 0 saturated heterocycles. The lowest BCUT2D eigenvalue weighted by molar-refractivity contribution is -0.138. The minimum atomic E-state index is -0.951. The van der Waals surface area contributed by atoms with E-state index in [1.54, 1.807) is 25.2 Å². The van der Waals surface area contributed by atoms with Crippen molar-refractivity contribution in [2.24, 2.45) is 0 Å². The number of benzene rings is 1. The van der Waals surface area contributed by atoms with Gasteiger partial charge in [-0.3, -0.25) is 9.59 Å². The number of carbonyl (C=O) groups excluding carboxylic acids is 1. The Balaban J connectivity index is 2.23. The summed E-state index contributed by atoms with van der Waals surface area (Å²) in [5, 5.41) is 8.64. The fourth-order valence-electron chi connectivity index (χ4n) is 1.88. The maximum Gasteiger partial charge on any atom is 0.303 e. The second kappa shape index (κ2) is 4.56. The smallest absolute Gasteiger partial charge is 0.303 e. The first-order chi connectivity index (χ1) is 8.49. The second-order valence-corrected chi connectivity index (χ2v) is 4.16. The van der Waals surface area contributed by atoms with E-state index in [1.165, 1.54) is 4.90 Å². The van der Waals surface area contributed by atoms with E-state index in [1.807, 2.05) is 0 Å². The van der Waals surface area contributed by atoms with Crippen molar-refractivity contribution in [3.8, 4) is 5.75 Å². The molecule has 0 fully saturated rings. The molecule has 1 aliphatic rings. The highest BCUT2D eigenvalue weighted by atomic mass is 16.5. The lowest BCUT2D eigenvalue weighted by atomic mass is 10.1. The Labute approximate surface area is 104 Å². The number of hydrogen-bond donors (Lipinski definition) is 2. The number of fused-ring (bicyclic) bond motifs is 1. The maximum atomic E-state index is 12.0. The molecule has 0 unspecified atom stereocenters. The van der Waals surface area contributed by atoms with Crippen molar-refractivity contribution in [2.75, 3.05) is 17.7 Å². The SMILES string of the molecule is CN1C(=O)[C@@H](CCC(=O)O)Oc2cc(N)ccc21. The summed E-state index contributed by atoms with van der Waals surface area (Å²) in [6.45, 7) is 0. The third kappa shape index (κ3) is 2.22. The van der Waals surface area contributed by atoms with Crippen LogP contribution in [0.1, 0.15) is 12.8 Å². The maximum absolute atomic E-state index is 12.0. The number of nitrogen functional groups attached to an aromatic ring is 1. The van der Waals surface area contributed by atoms with Crippen molar-refractivity contribution >= 4 is 23.3 Å². The van der Waals surface area contributed by atoms with Gasteiger partial charge in [-0.25, -0.2) is 0 Å². The van der Waals surface area contributed by atoms with Crippen LogP contribution in [0.3, 0.4) is 0 Å². The van der Waals surface area contributed by atoms with Crippen LogP contribution in [0.25, 0.3) is 0 Å². The van der Waals surface area contributed by atoms with Crippen LogP contribution in [0.15, 0.2) is 18.2 Å². The molecular formula is C12H14N2O4. The molecule has 1 amide bonds. The van der Waals surface area contributed by atoms with Gasteiger partial charge in [0.15, 0.2) is 6.10 Å². The molecule has 0 aliphatic carbocycles. The third-order valence-corrected chi connectivity index (χ3v) is 2.84. The second-order valence-electron chi connectivity index (χ2n) is 4.16. The number of carbonyl (C=O) groups is 2. The number of nitrogens with zero attached hydrogens (tertiary/aromatic N) is 1. The summed E-state index contributed by atoms with van der Waals surface area (Å²) < 4.78 is 5.51. The van der Waals surface area contributed by atoms with Crippen LogP contribution in [0.4, 0.5) is 11.4 Å². The highest BCUT2D eigenvalue weighted by Gasteiger charge is 2.32. The van der Waals surface area contributed by atoms with Gasteiger partial charge in [0, 0.05) is 31.6 Å². The van der Waals surface area contributed by atoms with Gasteiger partial charge in [-0.1, -0.05) is 0 Å². The lowest BCUT2D eigenvalue weighted by Crippen LogP contribution is -2.43. The standard InChI is InChI=1S/C12H14N2O4/c1-14-8-3-2-7(13)6-10(8)18-9(12(14)17)4-5-11(15)16/h2-3,6,9H,4-5,13H2,1H3,(H,15,16)/t9-/m1/s1. The predicted molar refractivity (Wildman–Crippen MR) is 65.6 cm³/mol.